The molecule has 0 aromatic carbocycles. The second kappa shape index (κ2) is 5.28. The first-order valence-electron chi connectivity index (χ1n) is 6.26. The summed E-state index contributed by atoms with van der Waals surface area (Å²) in [7, 11) is 2.17. The lowest BCUT2D eigenvalue weighted by atomic mass is 9.94. The van der Waals surface area contributed by atoms with E-state index in [1.165, 1.54) is 0 Å². The van der Waals surface area contributed by atoms with Gasteiger partial charge in [-0.3, -0.25) is 0 Å². The third-order valence-corrected chi connectivity index (χ3v) is 3.65. The molecule has 1 heterocycles. The number of aliphatic hydroxyl groups excluding tert-OH is 1. The number of hydrogen-bond acceptors (Lipinski definition) is 3. The Labute approximate surface area is 92.4 Å². The van der Waals surface area contributed by atoms with E-state index < -0.39 is 0 Å². The molecule has 2 aliphatic rings. The lowest BCUT2D eigenvalue weighted by Crippen LogP contribution is -2.37. The van der Waals surface area contributed by atoms with E-state index in [-0.39, 0.29) is 6.10 Å². The molecule has 3 heteroatoms. The van der Waals surface area contributed by atoms with Crippen LogP contribution in [0.15, 0.2) is 0 Å². The summed E-state index contributed by atoms with van der Waals surface area (Å²) in [5.41, 5.74) is 0. The third-order valence-electron chi connectivity index (χ3n) is 3.65. The summed E-state index contributed by atoms with van der Waals surface area (Å²) < 4.78 is 6.06. The van der Waals surface area contributed by atoms with E-state index in [9.17, 15) is 5.11 Å². The van der Waals surface area contributed by atoms with Crippen molar-refractivity contribution in [1.82, 2.24) is 4.90 Å². The highest BCUT2D eigenvalue weighted by atomic mass is 16.5. The molecule has 0 bridgehead atoms. The summed E-state index contributed by atoms with van der Waals surface area (Å²) in [6, 6.07) is 0. The highest BCUT2D eigenvalue weighted by Gasteiger charge is 2.25. The number of likely N-dealkylation sites (tertiary alicyclic amines) is 1. The topological polar surface area (TPSA) is 32.7 Å². The van der Waals surface area contributed by atoms with Gasteiger partial charge in [-0.2, -0.15) is 0 Å². The molecule has 2 fully saturated rings. The molecule has 88 valence electrons. The Morgan fingerprint density at radius 3 is 2.47 bits per heavy atom. The van der Waals surface area contributed by atoms with E-state index in [0.29, 0.717) is 12.2 Å². The quantitative estimate of drug-likeness (QED) is 0.752. The summed E-state index contributed by atoms with van der Waals surface area (Å²) >= 11 is 0. The molecule has 0 radical (unpaired) electrons. The molecule has 1 N–H and O–H groups in total. The van der Waals surface area contributed by atoms with Crippen LogP contribution in [-0.2, 0) is 4.74 Å². The molecule has 15 heavy (non-hydrogen) atoms. The molecule has 3 nitrogen and oxygen atoms in total. The molecular formula is C12H23NO2. The molecule has 0 spiro atoms. The van der Waals surface area contributed by atoms with Gasteiger partial charge in [0.15, 0.2) is 0 Å². The fraction of sp³-hybridized carbons (Fsp3) is 1.00. The standard InChI is InChI=1S/C12H23NO2/c1-13-7-5-11(6-8-13)15-12-4-2-3-10(14)9-12/h10-12,14H,2-9H2,1H3. The Morgan fingerprint density at radius 2 is 1.80 bits per heavy atom. The molecule has 0 amide bonds. The molecule has 1 saturated carbocycles. The largest absolute Gasteiger partial charge is 0.393 e. The van der Waals surface area contributed by atoms with Gasteiger partial charge < -0.3 is 14.7 Å². The van der Waals surface area contributed by atoms with E-state index in [1.807, 2.05) is 0 Å². The molecule has 2 atom stereocenters. The van der Waals surface area contributed by atoms with Crippen LogP contribution >= 0.6 is 0 Å². The van der Waals surface area contributed by atoms with Crippen molar-refractivity contribution in [3.8, 4) is 0 Å². The SMILES string of the molecule is CN1CCC(OC2CCCC(O)C2)CC1. The molecule has 1 aliphatic heterocycles. The molecular weight excluding hydrogens is 190 g/mol. The van der Waals surface area contributed by atoms with Crippen LogP contribution in [0.2, 0.25) is 0 Å². The predicted octanol–water partition coefficient (Wildman–Crippen LogP) is 1.40. The van der Waals surface area contributed by atoms with Gasteiger partial charge in [0.2, 0.25) is 0 Å². The van der Waals surface area contributed by atoms with Gasteiger partial charge in [-0.25, -0.2) is 0 Å². The number of hydrogen-bond donors (Lipinski definition) is 1. The van der Waals surface area contributed by atoms with Gasteiger partial charge in [0, 0.05) is 13.1 Å². The normalized spacial score (nSPS) is 35.6. The zero-order chi connectivity index (χ0) is 10.7. The highest BCUT2D eigenvalue weighted by molar-refractivity contribution is 4.76. The van der Waals surface area contributed by atoms with Crippen molar-refractivity contribution in [3.63, 3.8) is 0 Å². The minimum atomic E-state index is -0.116. The maximum atomic E-state index is 9.56. The fourth-order valence-electron chi connectivity index (χ4n) is 2.64. The van der Waals surface area contributed by atoms with Crippen LogP contribution in [0, 0.1) is 0 Å². The Balaban J connectivity index is 1.71. The molecule has 0 aromatic heterocycles. The molecule has 2 rings (SSSR count). The Bertz CT molecular complexity index is 190. The molecule has 1 aliphatic carbocycles. The summed E-state index contributed by atoms with van der Waals surface area (Å²) in [5, 5.41) is 9.56. The average molecular weight is 213 g/mol. The molecule has 2 unspecified atom stereocenters. The number of piperidine rings is 1. The minimum absolute atomic E-state index is 0.116. The Kier molecular flexibility index (Phi) is 4.00. The smallest absolute Gasteiger partial charge is 0.0603 e. The van der Waals surface area contributed by atoms with E-state index in [2.05, 4.69) is 11.9 Å². The van der Waals surface area contributed by atoms with Crippen molar-refractivity contribution >= 4 is 0 Å². The van der Waals surface area contributed by atoms with Crippen molar-refractivity contribution in [3.05, 3.63) is 0 Å². The van der Waals surface area contributed by atoms with Gasteiger partial charge in [-0.1, -0.05) is 0 Å². The van der Waals surface area contributed by atoms with Gasteiger partial charge in [0.25, 0.3) is 0 Å². The van der Waals surface area contributed by atoms with Crippen LogP contribution in [0.1, 0.15) is 38.5 Å². The van der Waals surface area contributed by atoms with Crippen LogP contribution in [0.25, 0.3) is 0 Å². The van der Waals surface area contributed by atoms with Crippen molar-refractivity contribution in [2.45, 2.75) is 56.8 Å². The van der Waals surface area contributed by atoms with Gasteiger partial charge in [-0.15, -0.1) is 0 Å². The third kappa shape index (κ3) is 3.44. The van der Waals surface area contributed by atoms with Gasteiger partial charge in [0.05, 0.1) is 18.3 Å². The maximum absolute atomic E-state index is 9.56. The van der Waals surface area contributed by atoms with Crippen LogP contribution < -0.4 is 0 Å². The van der Waals surface area contributed by atoms with E-state index >= 15 is 0 Å². The molecule has 0 aromatic rings. The molecule has 1 saturated heterocycles. The fourth-order valence-corrected chi connectivity index (χ4v) is 2.64. The van der Waals surface area contributed by atoms with Crippen molar-refractivity contribution < 1.29 is 9.84 Å². The van der Waals surface area contributed by atoms with Crippen LogP contribution in [0.3, 0.4) is 0 Å². The summed E-state index contributed by atoms with van der Waals surface area (Å²) in [6.07, 6.45) is 7.04. The maximum Gasteiger partial charge on any atom is 0.0603 e. The lowest BCUT2D eigenvalue weighted by Gasteiger charge is -2.34. The van der Waals surface area contributed by atoms with E-state index in [1.54, 1.807) is 0 Å². The first-order chi connectivity index (χ1) is 7.24. The number of aliphatic hydroxyl groups is 1. The average Bonchev–Trinajstić information content (AvgIpc) is 2.22. The van der Waals surface area contributed by atoms with Gasteiger partial charge in [0.1, 0.15) is 0 Å². The van der Waals surface area contributed by atoms with E-state index in [0.717, 1.165) is 51.6 Å². The van der Waals surface area contributed by atoms with Crippen LogP contribution in [-0.4, -0.2) is 48.5 Å². The summed E-state index contributed by atoms with van der Waals surface area (Å²) in [6.45, 7) is 2.31. The van der Waals surface area contributed by atoms with Crippen LogP contribution in [0.4, 0.5) is 0 Å². The number of nitrogens with zero attached hydrogens (tertiary/aromatic N) is 1. The number of rotatable bonds is 2. The van der Waals surface area contributed by atoms with Crippen molar-refractivity contribution in [1.29, 1.82) is 0 Å². The Morgan fingerprint density at radius 1 is 1.07 bits per heavy atom. The first kappa shape index (κ1) is 11.4. The predicted molar refractivity (Wildman–Crippen MR) is 59.9 cm³/mol. The zero-order valence-electron chi connectivity index (χ0n) is 9.69. The summed E-state index contributed by atoms with van der Waals surface area (Å²) in [5.74, 6) is 0. The van der Waals surface area contributed by atoms with Gasteiger partial charge in [-0.05, 0) is 45.6 Å². The van der Waals surface area contributed by atoms with Crippen LogP contribution in [0.5, 0.6) is 0 Å². The van der Waals surface area contributed by atoms with Crippen molar-refractivity contribution in [2.75, 3.05) is 20.1 Å². The second-order valence-corrected chi connectivity index (χ2v) is 5.08. The van der Waals surface area contributed by atoms with Crippen molar-refractivity contribution in [2.24, 2.45) is 0 Å². The first-order valence-corrected chi connectivity index (χ1v) is 6.26. The second-order valence-electron chi connectivity index (χ2n) is 5.08. The Hall–Kier alpha value is -0.120. The van der Waals surface area contributed by atoms with E-state index in [4.69, 9.17) is 4.74 Å². The minimum Gasteiger partial charge on any atom is -0.393 e. The highest BCUT2D eigenvalue weighted by Crippen LogP contribution is 2.24. The zero-order valence-corrected chi connectivity index (χ0v) is 9.69. The summed E-state index contributed by atoms with van der Waals surface area (Å²) in [4.78, 5) is 2.36. The lowest BCUT2D eigenvalue weighted by molar-refractivity contribution is -0.0737. The monoisotopic (exact) mass is 213 g/mol. The number of ether oxygens (including phenoxy) is 1. The van der Waals surface area contributed by atoms with Gasteiger partial charge >= 0.3 is 0 Å².